The Morgan fingerprint density at radius 1 is 1.35 bits per heavy atom. The van der Waals surface area contributed by atoms with E-state index in [1.165, 1.54) is 11.1 Å². The Hall–Kier alpha value is -2.16. The van der Waals surface area contributed by atoms with Crippen molar-refractivity contribution in [1.29, 1.82) is 0 Å². The number of fused-ring (bicyclic) bond motifs is 1. The Kier molecular flexibility index (Phi) is 3.26. The molecule has 0 aliphatic carbocycles. The van der Waals surface area contributed by atoms with Crippen LogP contribution in [0.2, 0.25) is 0 Å². The van der Waals surface area contributed by atoms with Gasteiger partial charge in [0.25, 0.3) is 0 Å². The maximum atomic E-state index is 12.2. The number of Topliss-reactive ketones (excluding diaryl/α,β-unsaturated/α-hetero) is 1. The lowest BCUT2D eigenvalue weighted by Gasteiger charge is -2.21. The second-order valence-electron chi connectivity index (χ2n) is 5.18. The zero-order valence-corrected chi connectivity index (χ0v) is 11.9. The fraction of sp³-hybridized carbons (Fsp3) is 0.294. The minimum absolute atomic E-state index is 0.196. The van der Waals surface area contributed by atoms with Gasteiger partial charge in [-0.2, -0.15) is 0 Å². The van der Waals surface area contributed by atoms with Crippen molar-refractivity contribution in [3.8, 4) is 0 Å². The first-order valence-electron chi connectivity index (χ1n) is 7.06. The number of aryl methyl sites for hydroxylation is 1. The van der Waals surface area contributed by atoms with Crippen LogP contribution in [-0.2, 0) is 6.42 Å². The third kappa shape index (κ3) is 2.09. The normalized spacial score (nSPS) is 13.4. The average molecular weight is 266 g/mol. The molecule has 1 aromatic carbocycles. The van der Waals surface area contributed by atoms with Gasteiger partial charge < -0.3 is 4.90 Å². The highest BCUT2D eigenvalue weighted by atomic mass is 16.1. The van der Waals surface area contributed by atoms with Gasteiger partial charge in [0.15, 0.2) is 5.78 Å². The highest BCUT2D eigenvalue weighted by molar-refractivity contribution is 6.03. The Labute approximate surface area is 119 Å². The predicted octanol–water partition coefficient (Wildman–Crippen LogP) is 3.68. The second-order valence-corrected chi connectivity index (χ2v) is 5.18. The summed E-state index contributed by atoms with van der Waals surface area (Å²) >= 11 is 0. The van der Waals surface area contributed by atoms with Gasteiger partial charge in [-0.25, -0.2) is 4.98 Å². The van der Waals surface area contributed by atoms with E-state index in [4.69, 9.17) is 0 Å². The van der Waals surface area contributed by atoms with Crippen LogP contribution in [-0.4, -0.2) is 17.3 Å². The van der Waals surface area contributed by atoms with Gasteiger partial charge in [0.1, 0.15) is 5.82 Å². The van der Waals surface area contributed by atoms with Gasteiger partial charge in [-0.05, 0) is 42.7 Å². The number of rotatable bonds is 3. The maximum absolute atomic E-state index is 12.2. The fourth-order valence-electron chi connectivity index (χ4n) is 2.77. The zero-order chi connectivity index (χ0) is 14.1. The number of hydrogen-bond acceptors (Lipinski definition) is 3. The van der Waals surface area contributed by atoms with Gasteiger partial charge in [0, 0.05) is 24.7 Å². The zero-order valence-electron chi connectivity index (χ0n) is 11.9. The van der Waals surface area contributed by atoms with Crippen LogP contribution >= 0.6 is 0 Å². The highest BCUT2D eigenvalue weighted by Crippen LogP contribution is 2.37. The van der Waals surface area contributed by atoms with Crippen molar-refractivity contribution in [1.82, 2.24) is 4.98 Å². The molecule has 0 N–H and O–H groups in total. The molecule has 2 aromatic rings. The molecule has 2 heterocycles. The molecule has 0 spiro atoms. The van der Waals surface area contributed by atoms with E-state index in [0.29, 0.717) is 6.42 Å². The minimum atomic E-state index is 0.196. The van der Waals surface area contributed by atoms with Crippen LogP contribution in [0.3, 0.4) is 0 Å². The summed E-state index contributed by atoms with van der Waals surface area (Å²) in [7, 11) is 0. The SMILES string of the molecule is CCC(=O)c1cccc2c1N(c1cc(C)ccn1)CC2. The van der Waals surface area contributed by atoms with Crippen LogP contribution in [0.1, 0.15) is 34.8 Å². The van der Waals surface area contributed by atoms with Gasteiger partial charge in [0.2, 0.25) is 0 Å². The second kappa shape index (κ2) is 5.08. The average Bonchev–Trinajstić information content (AvgIpc) is 2.90. The number of anilines is 2. The molecule has 0 bridgehead atoms. The molecule has 3 rings (SSSR count). The standard InChI is InChI=1S/C17H18N2O/c1-3-15(20)14-6-4-5-13-8-10-19(17(13)14)16-11-12(2)7-9-18-16/h4-7,9,11H,3,8,10H2,1-2H3. The summed E-state index contributed by atoms with van der Waals surface area (Å²) in [4.78, 5) is 18.8. The number of ketones is 1. The Morgan fingerprint density at radius 3 is 2.95 bits per heavy atom. The van der Waals surface area contributed by atoms with Crippen molar-refractivity contribution in [2.24, 2.45) is 0 Å². The monoisotopic (exact) mass is 266 g/mol. The topological polar surface area (TPSA) is 33.2 Å². The van der Waals surface area contributed by atoms with Gasteiger partial charge in [-0.3, -0.25) is 4.79 Å². The van der Waals surface area contributed by atoms with E-state index in [1.807, 2.05) is 31.3 Å². The van der Waals surface area contributed by atoms with Crippen molar-refractivity contribution < 1.29 is 4.79 Å². The Balaban J connectivity index is 2.11. The number of pyridine rings is 1. The molecule has 0 saturated carbocycles. The van der Waals surface area contributed by atoms with E-state index in [-0.39, 0.29) is 5.78 Å². The molecule has 3 nitrogen and oxygen atoms in total. The number of aromatic nitrogens is 1. The van der Waals surface area contributed by atoms with E-state index in [1.54, 1.807) is 0 Å². The lowest BCUT2D eigenvalue weighted by Crippen LogP contribution is -2.17. The van der Waals surface area contributed by atoms with Crippen LogP contribution < -0.4 is 4.90 Å². The van der Waals surface area contributed by atoms with Crippen LogP contribution in [0.25, 0.3) is 0 Å². The highest BCUT2D eigenvalue weighted by Gasteiger charge is 2.26. The van der Waals surface area contributed by atoms with Gasteiger partial charge in [0.05, 0.1) is 5.69 Å². The molecule has 3 heteroatoms. The van der Waals surface area contributed by atoms with Crippen molar-refractivity contribution in [2.45, 2.75) is 26.7 Å². The van der Waals surface area contributed by atoms with E-state index in [2.05, 4.69) is 28.9 Å². The number of benzene rings is 1. The maximum Gasteiger partial charge on any atom is 0.164 e. The van der Waals surface area contributed by atoms with Crippen molar-refractivity contribution in [2.75, 3.05) is 11.4 Å². The molecular formula is C17H18N2O. The molecule has 0 atom stereocenters. The fourth-order valence-corrected chi connectivity index (χ4v) is 2.77. The summed E-state index contributed by atoms with van der Waals surface area (Å²) in [5.41, 5.74) is 4.30. The van der Waals surface area contributed by atoms with E-state index in [9.17, 15) is 4.79 Å². The van der Waals surface area contributed by atoms with Gasteiger partial charge >= 0.3 is 0 Å². The third-order valence-corrected chi connectivity index (χ3v) is 3.79. The molecule has 0 unspecified atom stereocenters. The molecule has 1 aliphatic heterocycles. The molecule has 20 heavy (non-hydrogen) atoms. The molecule has 0 saturated heterocycles. The molecule has 0 fully saturated rings. The van der Waals surface area contributed by atoms with E-state index >= 15 is 0 Å². The molecule has 0 amide bonds. The van der Waals surface area contributed by atoms with Crippen molar-refractivity contribution in [3.63, 3.8) is 0 Å². The van der Waals surface area contributed by atoms with Crippen LogP contribution in [0.4, 0.5) is 11.5 Å². The first-order chi connectivity index (χ1) is 9.70. The van der Waals surface area contributed by atoms with Crippen LogP contribution in [0.5, 0.6) is 0 Å². The summed E-state index contributed by atoms with van der Waals surface area (Å²) in [6, 6.07) is 10.1. The minimum Gasteiger partial charge on any atom is -0.325 e. The van der Waals surface area contributed by atoms with Crippen molar-refractivity contribution >= 4 is 17.3 Å². The van der Waals surface area contributed by atoms with Crippen molar-refractivity contribution in [3.05, 3.63) is 53.2 Å². The molecular weight excluding hydrogens is 248 g/mol. The lowest BCUT2D eigenvalue weighted by atomic mass is 10.0. The summed E-state index contributed by atoms with van der Waals surface area (Å²) in [6.45, 7) is 4.86. The number of carbonyl (C=O) groups excluding carboxylic acids is 1. The van der Waals surface area contributed by atoms with Gasteiger partial charge in [-0.15, -0.1) is 0 Å². The number of nitrogens with zero attached hydrogens (tertiary/aromatic N) is 2. The number of para-hydroxylation sites is 1. The summed E-state index contributed by atoms with van der Waals surface area (Å²) in [5.74, 6) is 1.13. The quantitative estimate of drug-likeness (QED) is 0.795. The smallest absolute Gasteiger partial charge is 0.164 e. The van der Waals surface area contributed by atoms with Gasteiger partial charge in [-0.1, -0.05) is 19.1 Å². The summed E-state index contributed by atoms with van der Waals surface area (Å²) in [6.07, 6.45) is 3.33. The Bertz CT molecular complexity index is 664. The molecule has 1 aliphatic rings. The molecule has 102 valence electrons. The summed E-state index contributed by atoms with van der Waals surface area (Å²) < 4.78 is 0. The van der Waals surface area contributed by atoms with Crippen LogP contribution in [0, 0.1) is 6.92 Å². The predicted molar refractivity (Wildman–Crippen MR) is 80.7 cm³/mol. The Morgan fingerprint density at radius 2 is 2.20 bits per heavy atom. The third-order valence-electron chi connectivity index (χ3n) is 3.79. The first kappa shape index (κ1) is 12.9. The number of hydrogen-bond donors (Lipinski definition) is 0. The molecule has 0 radical (unpaired) electrons. The first-order valence-corrected chi connectivity index (χ1v) is 7.06. The van der Waals surface area contributed by atoms with E-state index in [0.717, 1.165) is 30.0 Å². The molecule has 1 aromatic heterocycles. The summed E-state index contributed by atoms with van der Waals surface area (Å²) in [5, 5.41) is 0. The van der Waals surface area contributed by atoms with E-state index < -0.39 is 0 Å². The lowest BCUT2D eigenvalue weighted by molar-refractivity contribution is 0.0989. The van der Waals surface area contributed by atoms with Crippen LogP contribution in [0.15, 0.2) is 36.5 Å². The number of carbonyl (C=O) groups is 1. The largest absolute Gasteiger partial charge is 0.325 e.